The molecule has 0 aliphatic heterocycles. The molecular formula is C76H72N12+4. The number of hydrogen-bond donors (Lipinski definition) is 0. The second kappa shape index (κ2) is 22.9. The molecule has 0 saturated carbocycles. The number of aromatic nitrogens is 12. The van der Waals surface area contributed by atoms with Crippen molar-refractivity contribution in [1.82, 2.24) is 37.5 Å². The Balaban J connectivity index is 0.000000111. The molecule has 12 aromatic heterocycles. The molecule has 0 radical (unpaired) electrons. The summed E-state index contributed by atoms with van der Waals surface area (Å²) in [6, 6.07) is 66.2. The van der Waals surface area contributed by atoms with Gasteiger partial charge in [-0.15, -0.1) is 0 Å². The normalized spacial score (nSPS) is 12.1. The molecule has 16 rings (SSSR count). The highest BCUT2D eigenvalue weighted by Crippen LogP contribution is 2.29. The van der Waals surface area contributed by atoms with Gasteiger partial charge in [0.25, 0.3) is 22.6 Å². The summed E-state index contributed by atoms with van der Waals surface area (Å²) < 4.78 is 39.8. The van der Waals surface area contributed by atoms with E-state index in [1.165, 1.54) is 67.2 Å². The largest absolute Gasteiger partial charge is 0.350 e. The van der Waals surface area contributed by atoms with E-state index in [2.05, 4.69) is 220 Å². The van der Waals surface area contributed by atoms with Crippen LogP contribution in [-0.2, 0) is 28.2 Å². The molecule has 4 aromatic carbocycles. The Hall–Kier alpha value is -10.7. The maximum atomic E-state index is 7.57. The van der Waals surface area contributed by atoms with Crippen LogP contribution in [0.3, 0.4) is 0 Å². The van der Waals surface area contributed by atoms with Crippen molar-refractivity contribution in [2.24, 2.45) is 28.2 Å². The van der Waals surface area contributed by atoms with Crippen LogP contribution in [0.5, 0.6) is 0 Å². The minimum atomic E-state index is -2.09. The summed E-state index contributed by atoms with van der Waals surface area (Å²) in [6.45, 7) is 12.8. The zero-order valence-corrected chi connectivity index (χ0v) is 51.7. The van der Waals surface area contributed by atoms with E-state index < -0.39 is 6.85 Å². The molecule has 432 valence electrons. The molecule has 16 aromatic rings. The first-order valence-electron chi connectivity index (χ1n) is 31.2. The first kappa shape index (κ1) is 52.8. The minimum Gasteiger partial charge on any atom is -0.273 e. The Kier molecular flexibility index (Phi) is 13.8. The van der Waals surface area contributed by atoms with Crippen molar-refractivity contribution >= 4 is 67.2 Å². The average molecular weight is 1160 g/mol. The summed E-state index contributed by atoms with van der Waals surface area (Å²) in [5.74, 6) is 0. The number of aryl methyl sites for hydroxylation is 11. The number of benzene rings is 4. The van der Waals surface area contributed by atoms with Gasteiger partial charge in [-0.1, -0.05) is 108 Å². The highest BCUT2D eigenvalue weighted by atomic mass is 15.1. The van der Waals surface area contributed by atoms with Gasteiger partial charge in [-0.05, 0) is 182 Å². The zero-order chi connectivity index (χ0) is 63.6. The standard InChI is InChI=1S/C20H20N3.2C19H18N3.C18H16N3/c1-13-11-14(2)15(3)16(12-13)17-8-9-18-20(22(17)4)21-19-7-5-6-10-23(18)19;2*1-13-7-8-15(14(2)12-13)16-9-10-17-19(21(16)3)20-18-6-4-5-11-22(17)18;1-13-7-3-4-8-14(13)15-10-11-16-18(20(15)2)19-17-9-5-6-12-21(16)17/h5-12H,1-4H3;2*4-12H,1-3H3;3-12H,1-2H3/q4*+1/i;1D3;;. The summed E-state index contributed by atoms with van der Waals surface area (Å²) >= 11 is 0. The van der Waals surface area contributed by atoms with Gasteiger partial charge >= 0.3 is 22.6 Å². The van der Waals surface area contributed by atoms with E-state index >= 15 is 0 Å². The summed E-state index contributed by atoms with van der Waals surface area (Å²) in [5, 5.41) is 0. The summed E-state index contributed by atoms with van der Waals surface area (Å²) in [7, 11) is 8.25. The smallest absolute Gasteiger partial charge is 0.273 e. The highest BCUT2D eigenvalue weighted by Gasteiger charge is 2.24. The molecule has 0 atom stereocenters. The first-order chi connectivity index (χ1) is 43.8. The number of pyridine rings is 8. The summed E-state index contributed by atoms with van der Waals surface area (Å²) in [4.78, 5) is 19.1. The van der Waals surface area contributed by atoms with Crippen molar-refractivity contribution in [2.45, 2.75) is 55.3 Å². The Morgan fingerprint density at radius 2 is 0.625 bits per heavy atom. The van der Waals surface area contributed by atoms with Gasteiger partial charge in [-0.25, -0.2) is 18.3 Å². The van der Waals surface area contributed by atoms with Gasteiger partial charge in [0.1, 0.15) is 44.8 Å². The molecule has 0 unspecified atom stereocenters. The molecule has 12 nitrogen and oxygen atoms in total. The van der Waals surface area contributed by atoms with Gasteiger partial charge in [0.2, 0.25) is 0 Å². The fourth-order valence-corrected chi connectivity index (χ4v) is 12.5. The lowest BCUT2D eigenvalue weighted by Gasteiger charge is -2.11. The van der Waals surface area contributed by atoms with Crippen LogP contribution in [0.1, 0.15) is 48.6 Å². The molecule has 88 heavy (non-hydrogen) atoms. The Morgan fingerprint density at radius 1 is 0.295 bits per heavy atom. The number of fused-ring (bicyclic) bond motifs is 12. The monoisotopic (exact) mass is 1160 g/mol. The van der Waals surface area contributed by atoms with Gasteiger partial charge in [-0.2, -0.15) is 0 Å². The fourth-order valence-electron chi connectivity index (χ4n) is 12.5. The zero-order valence-electron chi connectivity index (χ0n) is 54.7. The van der Waals surface area contributed by atoms with Gasteiger partial charge < -0.3 is 0 Å². The van der Waals surface area contributed by atoms with Crippen molar-refractivity contribution in [1.29, 1.82) is 0 Å². The van der Waals surface area contributed by atoms with Gasteiger partial charge in [-0.3, -0.25) is 17.6 Å². The van der Waals surface area contributed by atoms with E-state index in [4.69, 9.17) is 24.0 Å². The van der Waals surface area contributed by atoms with E-state index in [1.807, 2.05) is 99.0 Å². The van der Waals surface area contributed by atoms with Crippen LogP contribution in [0.4, 0.5) is 0 Å². The lowest BCUT2D eigenvalue weighted by atomic mass is 9.97. The number of rotatable bonds is 4. The molecule has 0 amide bonds. The third kappa shape index (κ3) is 10.2. The number of imidazole rings is 4. The molecule has 12 heteroatoms. The van der Waals surface area contributed by atoms with Gasteiger partial charge in [0.05, 0.1) is 28.2 Å². The van der Waals surface area contributed by atoms with Crippen LogP contribution in [0.15, 0.2) is 219 Å². The van der Waals surface area contributed by atoms with E-state index in [9.17, 15) is 0 Å². The number of nitrogens with zero attached hydrogens (tertiary/aromatic N) is 12. The fraction of sp³-hybridized carbons (Fsp3) is 0.158. The molecule has 0 N–H and O–H groups in total. The van der Waals surface area contributed by atoms with Crippen LogP contribution in [0.2, 0.25) is 0 Å². The van der Waals surface area contributed by atoms with Crippen LogP contribution in [-0.4, -0.2) is 37.5 Å². The predicted molar refractivity (Wildman–Crippen MR) is 355 cm³/mol. The SMILES string of the molecule is Cc1cc(C)c(C)c(-c2ccc3c(nc4ccccn43)[n+]2C)c1.Cc1ccc(-c2ccc3c(nc4ccccn43)[n+]2C)c(C)c1.Cc1ccccc1-c1ccc2c(nc3ccccn32)[n+]1C.[2H]C([2H])([2H])c1ccc(-c2ccc3c(nc4ccccn43)[n+]2C)c(C)c1. The van der Waals surface area contributed by atoms with Crippen molar-refractivity contribution in [3.63, 3.8) is 0 Å². The molecule has 0 bridgehead atoms. The Bertz CT molecular complexity index is 5510. The first-order valence-corrected chi connectivity index (χ1v) is 29.7. The molecule has 0 spiro atoms. The van der Waals surface area contributed by atoms with Gasteiger partial charge in [0.15, 0.2) is 0 Å². The summed E-state index contributed by atoms with van der Waals surface area (Å²) in [6.07, 6.45) is 8.17. The average Bonchev–Trinajstić information content (AvgIpc) is 1.75. The Morgan fingerprint density at radius 3 is 1.00 bits per heavy atom. The maximum absolute atomic E-state index is 7.57. The maximum Gasteiger partial charge on any atom is 0.350 e. The lowest BCUT2D eigenvalue weighted by Crippen LogP contribution is -2.32. The summed E-state index contributed by atoms with van der Waals surface area (Å²) in [5.41, 5.74) is 30.7. The topological polar surface area (TPSA) is 84.7 Å². The lowest BCUT2D eigenvalue weighted by molar-refractivity contribution is -0.635. The van der Waals surface area contributed by atoms with Crippen LogP contribution >= 0.6 is 0 Å². The third-order valence-electron chi connectivity index (χ3n) is 17.2. The minimum absolute atomic E-state index is 0.366. The number of hydrogen-bond acceptors (Lipinski definition) is 4. The van der Waals surface area contributed by atoms with E-state index in [0.717, 1.165) is 84.1 Å². The van der Waals surface area contributed by atoms with Gasteiger partial charge in [0, 0.05) is 75.4 Å². The quantitative estimate of drug-likeness (QED) is 0.164. The Labute approximate surface area is 516 Å². The third-order valence-corrected chi connectivity index (χ3v) is 17.2. The second-order valence-electron chi connectivity index (χ2n) is 23.0. The van der Waals surface area contributed by atoms with Crippen molar-refractivity contribution in [3.05, 3.63) is 263 Å². The van der Waals surface area contributed by atoms with Crippen LogP contribution in [0, 0.1) is 55.3 Å². The molecule has 0 aliphatic carbocycles. The van der Waals surface area contributed by atoms with E-state index in [-0.39, 0.29) is 0 Å². The van der Waals surface area contributed by atoms with Crippen LogP contribution < -0.4 is 18.3 Å². The van der Waals surface area contributed by atoms with Crippen molar-refractivity contribution in [3.8, 4) is 45.0 Å². The van der Waals surface area contributed by atoms with E-state index in [0.29, 0.717) is 5.56 Å². The van der Waals surface area contributed by atoms with E-state index in [1.54, 1.807) is 12.1 Å². The molecule has 0 saturated heterocycles. The van der Waals surface area contributed by atoms with Crippen LogP contribution in [0.25, 0.3) is 112 Å². The highest BCUT2D eigenvalue weighted by molar-refractivity contribution is 5.80. The molecule has 12 heterocycles. The van der Waals surface area contributed by atoms with Crippen molar-refractivity contribution in [2.75, 3.05) is 0 Å². The molecule has 0 aliphatic rings. The molecule has 0 fully saturated rings. The van der Waals surface area contributed by atoms with Crippen molar-refractivity contribution < 1.29 is 22.4 Å². The predicted octanol–water partition coefficient (Wildman–Crippen LogP) is 14.4. The second-order valence-corrected chi connectivity index (χ2v) is 23.0. The molecular weight excluding hydrogens is 1080 g/mol.